The van der Waals surface area contributed by atoms with Crippen LogP contribution < -0.4 is 0 Å². The molecule has 2 saturated heterocycles. The van der Waals surface area contributed by atoms with Crippen LogP contribution in [-0.4, -0.2) is 37.1 Å². The highest BCUT2D eigenvalue weighted by atomic mass is 16.5. The molecule has 3 nitrogen and oxygen atoms in total. The number of nitrogens with zero attached hydrogens (tertiary/aromatic N) is 1. The van der Waals surface area contributed by atoms with E-state index in [0.29, 0.717) is 12.6 Å². The first-order chi connectivity index (χ1) is 4.80. The lowest BCUT2D eigenvalue weighted by atomic mass is 9.85. The fourth-order valence-electron chi connectivity index (χ4n) is 1.77. The molecule has 0 aliphatic carbocycles. The largest absolute Gasteiger partial charge is 0.380 e. The summed E-state index contributed by atoms with van der Waals surface area (Å²) < 4.78 is 5.17. The Labute approximate surface area is 60.0 Å². The predicted octanol–water partition coefficient (Wildman–Crippen LogP) is -0.137. The summed E-state index contributed by atoms with van der Waals surface area (Å²) in [6, 6.07) is 0.487. The predicted molar refractivity (Wildman–Crippen MR) is 35.5 cm³/mol. The van der Waals surface area contributed by atoms with Crippen molar-refractivity contribution in [1.29, 1.82) is 0 Å². The van der Waals surface area contributed by atoms with Gasteiger partial charge < -0.3 is 9.64 Å². The summed E-state index contributed by atoms with van der Waals surface area (Å²) in [5, 5.41) is 0. The minimum absolute atomic E-state index is 0.193. The Morgan fingerprint density at radius 3 is 3.20 bits per heavy atom. The Morgan fingerprint density at radius 2 is 2.50 bits per heavy atom. The second-order valence-electron chi connectivity index (χ2n) is 2.99. The highest BCUT2D eigenvalue weighted by Crippen LogP contribution is 2.30. The third kappa shape index (κ3) is 0.611. The van der Waals surface area contributed by atoms with E-state index in [-0.39, 0.29) is 11.8 Å². The minimum atomic E-state index is 0.193. The van der Waals surface area contributed by atoms with E-state index in [2.05, 4.69) is 0 Å². The highest BCUT2D eigenvalue weighted by molar-refractivity contribution is 5.85. The molecule has 2 aliphatic heterocycles. The number of hydrogen-bond donors (Lipinski definition) is 0. The van der Waals surface area contributed by atoms with Crippen molar-refractivity contribution in [3.63, 3.8) is 0 Å². The van der Waals surface area contributed by atoms with Crippen molar-refractivity contribution in [2.24, 2.45) is 5.92 Å². The second-order valence-corrected chi connectivity index (χ2v) is 2.99. The first-order valence-electron chi connectivity index (χ1n) is 3.65. The molecule has 0 N–H and O–H groups in total. The molecule has 2 atom stereocenters. The van der Waals surface area contributed by atoms with Gasteiger partial charge in [-0.3, -0.25) is 4.79 Å². The van der Waals surface area contributed by atoms with Crippen molar-refractivity contribution in [2.75, 3.05) is 20.3 Å². The molecule has 0 aromatic carbocycles. The summed E-state index contributed by atoms with van der Waals surface area (Å²) >= 11 is 0. The lowest BCUT2D eigenvalue weighted by molar-refractivity contribution is -0.165. The van der Waals surface area contributed by atoms with Gasteiger partial charge in [-0.15, -0.1) is 0 Å². The number of likely N-dealkylation sites (tertiary alicyclic amines) is 1. The summed E-state index contributed by atoms with van der Waals surface area (Å²) in [4.78, 5) is 12.9. The maximum Gasteiger partial charge on any atom is 0.230 e. The van der Waals surface area contributed by atoms with E-state index in [9.17, 15) is 4.79 Å². The molecule has 3 heteroatoms. The summed E-state index contributed by atoms with van der Waals surface area (Å²) in [6.07, 6.45) is 1.02. The minimum Gasteiger partial charge on any atom is -0.380 e. The molecule has 10 heavy (non-hydrogen) atoms. The van der Waals surface area contributed by atoms with E-state index in [1.807, 2.05) is 11.9 Å². The topological polar surface area (TPSA) is 29.5 Å². The molecule has 2 aliphatic rings. The van der Waals surface area contributed by atoms with Crippen LogP contribution in [0.5, 0.6) is 0 Å². The van der Waals surface area contributed by atoms with E-state index in [1.165, 1.54) is 0 Å². The van der Waals surface area contributed by atoms with Gasteiger partial charge >= 0.3 is 0 Å². The fourth-order valence-corrected chi connectivity index (χ4v) is 1.77. The average Bonchev–Trinajstić information content (AvgIpc) is 2.03. The van der Waals surface area contributed by atoms with E-state index in [1.54, 1.807) is 0 Å². The van der Waals surface area contributed by atoms with Gasteiger partial charge in [0.2, 0.25) is 5.91 Å². The smallest absolute Gasteiger partial charge is 0.230 e. The van der Waals surface area contributed by atoms with Crippen molar-refractivity contribution < 1.29 is 9.53 Å². The highest BCUT2D eigenvalue weighted by Gasteiger charge is 2.46. The number of β-lactam (4-membered cyclic amide) rings is 1. The molecular formula is C7H11NO2. The molecule has 0 unspecified atom stereocenters. The molecular weight excluding hydrogens is 130 g/mol. The molecule has 2 fully saturated rings. The van der Waals surface area contributed by atoms with Crippen LogP contribution in [0.25, 0.3) is 0 Å². The zero-order valence-corrected chi connectivity index (χ0v) is 6.04. The maximum atomic E-state index is 11.0. The summed E-state index contributed by atoms with van der Waals surface area (Å²) in [7, 11) is 1.87. The molecule has 0 bridgehead atoms. The van der Waals surface area contributed by atoms with Crippen molar-refractivity contribution in [3.8, 4) is 0 Å². The maximum absolute atomic E-state index is 11.0. The van der Waals surface area contributed by atoms with Crippen LogP contribution in [-0.2, 0) is 9.53 Å². The Morgan fingerprint density at radius 1 is 1.70 bits per heavy atom. The fraction of sp³-hybridized carbons (Fsp3) is 0.857. The van der Waals surface area contributed by atoms with Crippen LogP contribution in [0.3, 0.4) is 0 Å². The molecule has 0 aromatic rings. The standard InChI is InChI=1S/C7H11NO2/c1-8-6-2-3-10-4-5(6)7(8)9/h5-6H,2-4H2,1H3/t5-,6+/m0/s1. The Bertz CT molecular complexity index is 169. The van der Waals surface area contributed by atoms with Crippen molar-refractivity contribution in [1.82, 2.24) is 4.90 Å². The van der Waals surface area contributed by atoms with Gasteiger partial charge in [0.15, 0.2) is 0 Å². The summed E-state index contributed by atoms with van der Waals surface area (Å²) in [5.41, 5.74) is 0. The van der Waals surface area contributed by atoms with Gasteiger partial charge in [-0.2, -0.15) is 0 Å². The van der Waals surface area contributed by atoms with Crippen LogP contribution in [0.2, 0.25) is 0 Å². The first-order valence-corrected chi connectivity index (χ1v) is 3.65. The van der Waals surface area contributed by atoms with Crippen LogP contribution in [0, 0.1) is 5.92 Å². The summed E-state index contributed by atoms with van der Waals surface area (Å²) in [6.45, 7) is 1.46. The van der Waals surface area contributed by atoms with Gasteiger partial charge in [0, 0.05) is 19.7 Å². The number of amides is 1. The number of ether oxygens (including phenoxy) is 1. The van der Waals surface area contributed by atoms with Gasteiger partial charge in [0.1, 0.15) is 0 Å². The van der Waals surface area contributed by atoms with Gasteiger partial charge in [-0.1, -0.05) is 0 Å². The normalized spacial score (nSPS) is 38.9. The molecule has 2 rings (SSSR count). The Balaban J connectivity index is 2.06. The zero-order valence-electron chi connectivity index (χ0n) is 6.04. The molecule has 0 spiro atoms. The third-order valence-corrected chi connectivity index (χ3v) is 2.48. The number of hydrogen-bond acceptors (Lipinski definition) is 2. The second kappa shape index (κ2) is 1.95. The Hall–Kier alpha value is -0.570. The third-order valence-electron chi connectivity index (χ3n) is 2.48. The number of fused-ring (bicyclic) bond motifs is 1. The van der Waals surface area contributed by atoms with Gasteiger partial charge in [-0.05, 0) is 6.42 Å². The van der Waals surface area contributed by atoms with E-state index >= 15 is 0 Å². The lowest BCUT2D eigenvalue weighted by Gasteiger charge is -2.47. The number of carbonyl (C=O) groups excluding carboxylic acids is 1. The SMILES string of the molecule is CN1C(=O)[C@H]2COCC[C@H]21. The lowest BCUT2D eigenvalue weighted by Crippen LogP contribution is -2.62. The average molecular weight is 141 g/mol. The molecule has 56 valence electrons. The van der Waals surface area contributed by atoms with Gasteiger partial charge in [-0.25, -0.2) is 0 Å². The van der Waals surface area contributed by atoms with Crippen LogP contribution in [0.15, 0.2) is 0 Å². The molecule has 0 aromatic heterocycles. The Kier molecular flexibility index (Phi) is 1.20. The zero-order chi connectivity index (χ0) is 7.14. The monoisotopic (exact) mass is 141 g/mol. The van der Waals surface area contributed by atoms with Crippen LogP contribution in [0.1, 0.15) is 6.42 Å². The molecule has 1 amide bonds. The number of carbonyl (C=O) groups is 1. The molecule has 2 heterocycles. The first kappa shape index (κ1) is 6.16. The van der Waals surface area contributed by atoms with E-state index in [0.717, 1.165) is 13.0 Å². The van der Waals surface area contributed by atoms with Crippen LogP contribution in [0.4, 0.5) is 0 Å². The quantitative estimate of drug-likeness (QED) is 0.439. The van der Waals surface area contributed by atoms with Gasteiger partial charge in [0.05, 0.1) is 12.5 Å². The van der Waals surface area contributed by atoms with E-state index < -0.39 is 0 Å². The number of rotatable bonds is 0. The molecule has 0 saturated carbocycles. The van der Waals surface area contributed by atoms with Crippen LogP contribution >= 0.6 is 0 Å². The van der Waals surface area contributed by atoms with E-state index in [4.69, 9.17) is 4.74 Å². The van der Waals surface area contributed by atoms with Crippen molar-refractivity contribution in [3.05, 3.63) is 0 Å². The summed E-state index contributed by atoms with van der Waals surface area (Å²) in [5.74, 6) is 0.448. The van der Waals surface area contributed by atoms with Crippen molar-refractivity contribution >= 4 is 5.91 Å². The molecule has 0 radical (unpaired) electrons. The van der Waals surface area contributed by atoms with Gasteiger partial charge in [0.25, 0.3) is 0 Å². The van der Waals surface area contributed by atoms with Crippen molar-refractivity contribution in [2.45, 2.75) is 12.5 Å².